The number of fused-ring (bicyclic) bond motifs is 1. The van der Waals surface area contributed by atoms with Gasteiger partial charge >= 0.3 is 51.4 Å². The van der Waals surface area contributed by atoms with Crippen molar-refractivity contribution >= 4 is 17.5 Å². The van der Waals surface area contributed by atoms with Gasteiger partial charge in [0.25, 0.3) is 0 Å². The van der Waals surface area contributed by atoms with Gasteiger partial charge in [-0.3, -0.25) is 0 Å². The van der Waals surface area contributed by atoms with E-state index in [-0.39, 0.29) is 51.4 Å². The van der Waals surface area contributed by atoms with Crippen molar-refractivity contribution in [1.29, 1.82) is 0 Å². The number of hydrogen-bond acceptors (Lipinski definition) is 6. The minimum Gasteiger partial charge on any atom is -0.493 e. The van der Waals surface area contributed by atoms with Crippen LogP contribution in [-0.2, 0) is 13.0 Å². The van der Waals surface area contributed by atoms with Gasteiger partial charge in [0.15, 0.2) is 5.76 Å². The maximum atomic E-state index is 6.22. The van der Waals surface area contributed by atoms with Crippen LogP contribution in [0.5, 0.6) is 5.75 Å². The number of furan rings is 1. The van der Waals surface area contributed by atoms with E-state index < -0.39 is 0 Å². The van der Waals surface area contributed by atoms with Gasteiger partial charge in [-0.15, -0.1) is 0 Å². The van der Waals surface area contributed by atoms with Crippen molar-refractivity contribution in [3.63, 3.8) is 0 Å². The summed E-state index contributed by atoms with van der Waals surface area (Å²) in [5.41, 5.74) is 9.43. The molecule has 0 unspecified atom stereocenters. The summed E-state index contributed by atoms with van der Waals surface area (Å²) in [4.78, 5) is 8.74. The maximum absolute atomic E-state index is 6.22. The van der Waals surface area contributed by atoms with Gasteiger partial charge < -0.3 is 30.5 Å². The molecule has 3 N–H and O–H groups in total. The van der Waals surface area contributed by atoms with Crippen molar-refractivity contribution in [1.82, 2.24) is 9.97 Å². The summed E-state index contributed by atoms with van der Waals surface area (Å²) < 4.78 is 11.0. The molecule has 4 rings (SSSR count). The fourth-order valence-electron chi connectivity index (χ4n) is 2.77. The van der Waals surface area contributed by atoms with Crippen molar-refractivity contribution in [3.8, 4) is 17.2 Å². The Morgan fingerprint density at radius 2 is 2.15 bits per heavy atom. The smallest absolute Gasteiger partial charge is 0.493 e. The molecule has 1 aliphatic rings. The van der Waals surface area contributed by atoms with Gasteiger partial charge in [-0.25, -0.2) is 4.98 Å². The number of anilines is 2. The van der Waals surface area contributed by atoms with E-state index in [1.807, 2.05) is 6.07 Å². The average molecular weight is 375 g/mol. The van der Waals surface area contributed by atoms with E-state index in [0.29, 0.717) is 35.5 Å². The van der Waals surface area contributed by atoms with Crippen molar-refractivity contribution < 1.29 is 60.5 Å². The molecule has 0 spiro atoms. The Hall–Kier alpha value is -1.58. The van der Waals surface area contributed by atoms with Crippen molar-refractivity contribution in [3.05, 3.63) is 53.0 Å². The molecule has 128 valence electrons. The molecule has 0 saturated carbocycles. The molecule has 0 atom stereocenters. The number of nitrogen functional groups attached to an aromatic ring is 1. The SMILES string of the molecule is CNc1nc([N-]Cc2ccc3c(c2)OCC3)c(N)c(-c2ccco2)n1.[K+]. The van der Waals surface area contributed by atoms with Crippen LogP contribution in [0.25, 0.3) is 16.8 Å². The van der Waals surface area contributed by atoms with Crippen LogP contribution in [0.4, 0.5) is 17.5 Å². The van der Waals surface area contributed by atoms with Gasteiger partial charge in [-0.05, 0) is 41.7 Å². The molecule has 0 saturated heterocycles. The van der Waals surface area contributed by atoms with E-state index >= 15 is 0 Å². The van der Waals surface area contributed by atoms with E-state index in [1.165, 1.54) is 5.56 Å². The molecule has 26 heavy (non-hydrogen) atoms. The molecule has 1 aliphatic heterocycles. The Labute approximate surface area is 194 Å². The summed E-state index contributed by atoms with van der Waals surface area (Å²) in [6.07, 6.45) is 2.54. The van der Waals surface area contributed by atoms with Gasteiger partial charge in [-0.1, -0.05) is 12.1 Å². The molecule has 0 fully saturated rings. The third-order valence-electron chi connectivity index (χ3n) is 4.08. The molecule has 8 heteroatoms. The number of benzene rings is 1. The normalized spacial score (nSPS) is 12.0. The van der Waals surface area contributed by atoms with Crippen LogP contribution in [0.15, 0.2) is 41.0 Å². The zero-order chi connectivity index (χ0) is 17.2. The second kappa shape index (κ2) is 8.40. The van der Waals surface area contributed by atoms with E-state index in [2.05, 4.69) is 32.7 Å². The molecule has 3 aromatic rings. The minimum atomic E-state index is 0. The quantitative estimate of drug-likeness (QED) is 0.630. The van der Waals surface area contributed by atoms with Crippen LogP contribution >= 0.6 is 0 Å². The Balaban J connectivity index is 0.00000196. The molecule has 0 bridgehead atoms. The largest absolute Gasteiger partial charge is 1.00 e. The first kappa shape index (κ1) is 19.2. The molecule has 2 aromatic heterocycles. The van der Waals surface area contributed by atoms with Gasteiger partial charge in [-0.2, -0.15) is 0 Å². The fourth-order valence-corrected chi connectivity index (χ4v) is 2.77. The van der Waals surface area contributed by atoms with E-state index in [4.69, 9.17) is 14.9 Å². The Morgan fingerprint density at radius 3 is 2.92 bits per heavy atom. The number of hydrogen-bond donors (Lipinski definition) is 2. The van der Waals surface area contributed by atoms with Gasteiger partial charge in [0.05, 0.1) is 18.6 Å². The minimum absolute atomic E-state index is 0. The standard InChI is InChI=1S/C18H18N5O2.K/c1-20-18-22-16(13-3-2-7-24-13)15(19)17(23-18)21-10-11-4-5-12-6-8-25-14(12)9-11;/h2-5,7,9H,6,8,10,19H2,1H3,(H-,20,21,22,23);/q-1;+1. The third kappa shape index (κ3) is 3.89. The summed E-state index contributed by atoms with van der Waals surface area (Å²) in [6, 6.07) is 9.76. The van der Waals surface area contributed by atoms with Crippen molar-refractivity contribution in [2.45, 2.75) is 13.0 Å². The first-order chi connectivity index (χ1) is 12.2. The van der Waals surface area contributed by atoms with Crippen molar-refractivity contribution in [2.24, 2.45) is 0 Å². The van der Waals surface area contributed by atoms with Gasteiger partial charge in [0.2, 0.25) is 0 Å². The number of aromatic nitrogens is 2. The number of nitrogens with zero attached hydrogens (tertiary/aromatic N) is 3. The number of rotatable bonds is 5. The van der Waals surface area contributed by atoms with Crippen LogP contribution in [-0.4, -0.2) is 23.6 Å². The second-order valence-corrected chi connectivity index (χ2v) is 5.72. The average Bonchev–Trinajstić information content (AvgIpc) is 3.32. The Morgan fingerprint density at radius 1 is 1.27 bits per heavy atom. The summed E-state index contributed by atoms with van der Waals surface area (Å²) in [5, 5.41) is 7.50. The number of nitrogens with two attached hydrogens (primary N) is 1. The first-order valence-corrected chi connectivity index (χ1v) is 8.06. The van der Waals surface area contributed by atoms with Crippen LogP contribution in [0, 0.1) is 0 Å². The zero-order valence-corrected chi connectivity index (χ0v) is 17.9. The summed E-state index contributed by atoms with van der Waals surface area (Å²) in [7, 11) is 1.75. The second-order valence-electron chi connectivity index (χ2n) is 5.72. The summed E-state index contributed by atoms with van der Waals surface area (Å²) in [5.74, 6) is 2.40. The van der Waals surface area contributed by atoms with Crippen molar-refractivity contribution in [2.75, 3.05) is 24.7 Å². The monoisotopic (exact) mass is 375 g/mol. The molecule has 0 aliphatic carbocycles. The summed E-state index contributed by atoms with van der Waals surface area (Å²) >= 11 is 0. The molecule has 1 aromatic carbocycles. The Bertz CT molecular complexity index is 899. The Kier molecular flexibility index (Phi) is 6.20. The maximum Gasteiger partial charge on any atom is 1.00 e. The molecular formula is C18H18KN5O2. The number of nitrogens with one attached hydrogen (secondary N) is 1. The summed E-state index contributed by atoms with van der Waals surface area (Å²) in [6.45, 7) is 1.20. The van der Waals surface area contributed by atoms with E-state index in [9.17, 15) is 0 Å². The molecule has 7 nitrogen and oxygen atoms in total. The zero-order valence-electron chi connectivity index (χ0n) is 14.8. The van der Waals surface area contributed by atoms with E-state index in [1.54, 1.807) is 25.4 Å². The van der Waals surface area contributed by atoms with Crippen LogP contribution in [0.2, 0.25) is 0 Å². The third-order valence-corrected chi connectivity index (χ3v) is 4.08. The van der Waals surface area contributed by atoms with Gasteiger partial charge in [0, 0.05) is 13.5 Å². The predicted molar refractivity (Wildman–Crippen MR) is 96.1 cm³/mol. The van der Waals surface area contributed by atoms with Crippen LogP contribution in [0.3, 0.4) is 0 Å². The molecule has 0 amide bonds. The van der Waals surface area contributed by atoms with E-state index in [0.717, 1.165) is 24.3 Å². The molecule has 3 heterocycles. The molecule has 0 radical (unpaired) electrons. The number of ether oxygens (including phenoxy) is 1. The van der Waals surface area contributed by atoms with Crippen LogP contribution in [0.1, 0.15) is 11.1 Å². The van der Waals surface area contributed by atoms with Gasteiger partial charge in [0.1, 0.15) is 17.4 Å². The van der Waals surface area contributed by atoms with Crippen LogP contribution < -0.4 is 67.2 Å². The predicted octanol–water partition coefficient (Wildman–Crippen LogP) is 0.505. The fraction of sp³-hybridized carbons (Fsp3) is 0.222. The topological polar surface area (TPSA) is 100 Å². The molecular weight excluding hydrogens is 357 g/mol. The first-order valence-electron chi connectivity index (χ1n) is 8.06.